The number of amides is 1. The molecule has 1 heterocycles. The third-order valence-electron chi connectivity index (χ3n) is 2.71. The molecule has 2 aromatic rings. The molecule has 2 rings (SSSR count). The molecule has 0 aliphatic rings. The van der Waals surface area contributed by atoms with Crippen LogP contribution in [0.1, 0.15) is 23.0 Å². The number of halogens is 2. The van der Waals surface area contributed by atoms with Crippen molar-refractivity contribution in [3.63, 3.8) is 0 Å². The monoisotopic (exact) mass is 341 g/mol. The van der Waals surface area contributed by atoms with Crippen molar-refractivity contribution in [2.75, 3.05) is 6.54 Å². The van der Waals surface area contributed by atoms with Crippen molar-refractivity contribution < 1.29 is 9.21 Å². The van der Waals surface area contributed by atoms with Crippen molar-refractivity contribution in [3.8, 4) is 0 Å². The van der Waals surface area contributed by atoms with Crippen LogP contribution in [-0.2, 0) is 6.54 Å². The Morgan fingerprint density at radius 3 is 2.79 bits per heavy atom. The molecule has 19 heavy (non-hydrogen) atoms. The second-order valence-electron chi connectivity index (χ2n) is 4.06. The maximum atomic E-state index is 12.4. The zero-order valence-electron chi connectivity index (χ0n) is 10.4. The van der Waals surface area contributed by atoms with E-state index in [1.165, 1.54) is 0 Å². The molecular formula is C14H13BrClNO2. The summed E-state index contributed by atoms with van der Waals surface area (Å²) in [5.41, 5.74) is 0.563. The van der Waals surface area contributed by atoms with Gasteiger partial charge in [-0.05, 0) is 37.3 Å². The van der Waals surface area contributed by atoms with E-state index >= 15 is 0 Å². The molecule has 5 heteroatoms. The van der Waals surface area contributed by atoms with Gasteiger partial charge in [-0.3, -0.25) is 4.79 Å². The zero-order chi connectivity index (χ0) is 13.8. The molecule has 0 aliphatic carbocycles. The Balaban J connectivity index is 2.20. The third-order valence-corrected chi connectivity index (χ3v) is 3.38. The first kappa shape index (κ1) is 14.2. The number of furan rings is 1. The van der Waals surface area contributed by atoms with Crippen LogP contribution in [0.2, 0.25) is 5.02 Å². The molecule has 3 nitrogen and oxygen atoms in total. The molecule has 1 amide bonds. The summed E-state index contributed by atoms with van der Waals surface area (Å²) in [5.74, 6) is 0.693. The van der Waals surface area contributed by atoms with Crippen molar-refractivity contribution in [1.29, 1.82) is 0 Å². The quantitative estimate of drug-likeness (QED) is 0.827. The number of hydrogen-bond donors (Lipinski definition) is 0. The maximum absolute atomic E-state index is 12.4. The normalized spacial score (nSPS) is 10.5. The lowest BCUT2D eigenvalue weighted by molar-refractivity contribution is 0.0741. The third kappa shape index (κ3) is 3.61. The summed E-state index contributed by atoms with van der Waals surface area (Å²) in [7, 11) is 0. The molecule has 0 saturated heterocycles. The van der Waals surface area contributed by atoms with E-state index in [1.54, 1.807) is 29.4 Å². The second kappa shape index (κ2) is 6.26. The van der Waals surface area contributed by atoms with E-state index in [-0.39, 0.29) is 5.91 Å². The van der Waals surface area contributed by atoms with Crippen LogP contribution in [0.3, 0.4) is 0 Å². The van der Waals surface area contributed by atoms with Crippen LogP contribution in [0.5, 0.6) is 0 Å². The molecule has 0 unspecified atom stereocenters. The van der Waals surface area contributed by atoms with Gasteiger partial charge in [0.25, 0.3) is 5.91 Å². The maximum Gasteiger partial charge on any atom is 0.254 e. The summed E-state index contributed by atoms with van der Waals surface area (Å²) in [6.07, 6.45) is 1.60. The van der Waals surface area contributed by atoms with Gasteiger partial charge in [-0.15, -0.1) is 0 Å². The highest BCUT2D eigenvalue weighted by Gasteiger charge is 2.16. The molecule has 0 N–H and O–H groups in total. The fourth-order valence-corrected chi connectivity index (χ4v) is 2.64. The predicted molar refractivity (Wildman–Crippen MR) is 78.3 cm³/mol. The molecule has 100 valence electrons. The molecule has 0 atom stereocenters. The van der Waals surface area contributed by atoms with E-state index < -0.39 is 0 Å². The lowest BCUT2D eigenvalue weighted by Crippen LogP contribution is -2.30. The van der Waals surface area contributed by atoms with Gasteiger partial charge in [-0.1, -0.05) is 27.5 Å². The van der Waals surface area contributed by atoms with Gasteiger partial charge in [0.1, 0.15) is 5.76 Å². The molecule has 1 aromatic carbocycles. The Hall–Kier alpha value is -1.26. The van der Waals surface area contributed by atoms with Crippen molar-refractivity contribution >= 4 is 33.4 Å². The van der Waals surface area contributed by atoms with E-state index in [9.17, 15) is 4.79 Å². The lowest BCUT2D eigenvalue weighted by Gasteiger charge is -2.20. The Labute approximate surface area is 125 Å². The van der Waals surface area contributed by atoms with Gasteiger partial charge < -0.3 is 9.32 Å². The zero-order valence-corrected chi connectivity index (χ0v) is 12.7. The predicted octanol–water partition coefficient (Wildman–Crippen LogP) is 4.36. The molecule has 0 saturated carbocycles. The first-order valence-corrected chi connectivity index (χ1v) is 7.05. The van der Waals surface area contributed by atoms with Crippen molar-refractivity contribution in [2.24, 2.45) is 0 Å². The largest absolute Gasteiger partial charge is 0.467 e. The minimum absolute atomic E-state index is 0.0675. The van der Waals surface area contributed by atoms with Crippen LogP contribution < -0.4 is 0 Å². The number of nitrogens with zero attached hydrogens (tertiary/aromatic N) is 1. The van der Waals surface area contributed by atoms with Gasteiger partial charge in [-0.25, -0.2) is 0 Å². The molecule has 0 spiro atoms. The number of benzene rings is 1. The van der Waals surface area contributed by atoms with Gasteiger partial charge in [0, 0.05) is 21.6 Å². The Bertz CT molecular complexity index is 549. The van der Waals surface area contributed by atoms with Crippen LogP contribution in [0.15, 0.2) is 45.5 Å². The van der Waals surface area contributed by atoms with E-state index in [1.807, 2.05) is 19.1 Å². The Morgan fingerprint density at radius 1 is 1.42 bits per heavy atom. The molecule has 0 fully saturated rings. The fraction of sp³-hybridized carbons (Fsp3) is 0.214. The minimum Gasteiger partial charge on any atom is -0.467 e. The van der Waals surface area contributed by atoms with Gasteiger partial charge >= 0.3 is 0 Å². The number of rotatable bonds is 4. The van der Waals surface area contributed by atoms with Gasteiger partial charge in [0.2, 0.25) is 0 Å². The summed E-state index contributed by atoms with van der Waals surface area (Å²) in [5, 5.41) is 0.534. The Kier molecular flexibility index (Phi) is 4.66. The van der Waals surface area contributed by atoms with E-state index in [0.29, 0.717) is 23.7 Å². The van der Waals surface area contributed by atoms with Crippen molar-refractivity contribution in [1.82, 2.24) is 4.90 Å². The summed E-state index contributed by atoms with van der Waals surface area (Å²) in [6, 6.07) is 8.84. The summed E-state index contributed by atoms with van der Waals surface area (Å²) < 4.78 is 6.06. The standard InChI is InChI=1S/C14H13BrClNO2/c1-2-17(9-13-4-3-5-19-13)14(18)10-6-11(15)8-12(16)7-10/h3-8H,2,9H2,1H3. The highest BCUT2D eigenvalue weighted by molar-refractivity contribution is 9.10. The van der Waals surface area contributed by atoms with Crippen LogP contribution in [-0.4, -0.2) is 17.4 Å². The van der Waals surface area contributed by atoms with Gasteiger partial charge in [-0.2, -0.15) is 0 Å². The SMILES string of the molecule is CCN(Cc1ccco1)C(=O)c1cc(Cl)cc(Br)c1. The van der Waals surface area contributed by atoms with E-state index in [4.69, 9.17) is 16.0 Å². The number of carbonyl (C=O) groups excluding carboxylic acids is 1. The van der Waals surface area contributed by atoms with Crippen molar-refractivity contribution in [2.45, 2.75) is 13.5 Å². The van der Waals surface area contributed by atoms with Gasteiger partial charge in [0.15, 0.2) is 0 Å². The van der Waals surface area contributed by atoms with Crippen LogP contribution >= 0.6 is 27.5 Å². The first-order chi connectivity index (χ1) is 9.10. The first-order valence-electron chi connectivity index (χ1n) is 5.88. The average molecular weight is 343 g/mol. The van der Waals surface area contributed by atoms with Crippen LogP contribution in [0.25, 0.3) is 0 Å². The molecule has 0 bridgehead atoms. The molecular weight excluding hydrogens is 330 g/mol. The minimum atomic E-state index is -0.0675. The average Bonchev–Trinajstić information content (AvgIpc) is 2.86. The van der Waals surface area contributed by atoms with Crippen LogP contribution in [0, 0.1) is 0 Å². The van der Waals surface area contributed by atoms with E-state index in [2.05, 4.69) is 15.9 Å². The summed E-state index contributed by atoms with van der Waals surface area (Å²) >= 11 is 9.30. The van der Waals surface area contributed by atoms with E-state index in [0.717, 1.165) is 10.2 Å². The molecule has 1 aromatic heterocycles. The van der Waals surface area contributed by atoms with Gasteiger partial charge in [0.05, 0.1) is 12.8 Å². The number of hydrogen-bond acceptors (Lipinski definition) is 2. The highest BCUT2D eigenvalue weighted by atomic mass is 79.9. The highest BCUT2D eigenvalue weighted by Crippen LogP contribution is 2.21. The topological polar surface area (TPSA) is 33.5 Å². The Morgan fingerprint density at radius 2 is 2.21 bits per heavy atom. The smallest absolute Gasteiger partial charge is 0.254 e. The van der Waals surface area contributed by atoms with Crippen LogP contribution in [0.4, 0.5) is 0 Å². The van der Waals surface area contributed by atoms with Crippen molar-refractivity contribution in [3.05, 3.63) is 57.4 Å². The fourth-order valence-electron chi connectivity index (χ4n) is 1.78. The summed E-state index contributed by atoms with van der Waals surface area (Å²) in [4.78, 5) is 14.1. The number of carbonyl (C=O) groups is 1. The molecule has 0 radical (unpaired) electrons. The second-order valence-corrected chi connectivity index (χ2v) is 5.41. The lowest BCUT2D eigenvalue weighted by atomic mass is 10.2. The summed E-state index contributed by atoms with van der Waals surface area (Å²) in [6.45, 7) is 2.98. The molecule has 0 aliphatic heterocycles.